The smallest absolute Gasteiger partial charge is 0.372 e. The number of carbonyl (C=O) groups is 1. The first kappa shape index (κ1) is 21.4. The average Bonchev–Trinajstić information content (AvgIpc) is 2.49. The molecule has 0 saturated heterocycles. The molecule has 0 unspecified atom stereocenters. The summed E-state index contributed by atoms with van der Waals surface area (Å²) in [6.45, 7) is 2.15. The molecule has 0 saturated carbocycles. The number of nitrogens with one attached hydrogen (secondary N) is 2. The third-order valence-electron chi connectivity index (χ3n) is 3.12. The van der Waals surface area contributed by atoms with Gasteiger partial charge in [0.2, 0.25) is 10.0 Å². The Bertz CT molecular complexity index is 691. The number of halogens is 3. The summed E-state index contributed by atoms with van der Waals surface area (Å²) in [5.74, 6) is -0.498. The number of hydrogen-bond acceptors (Lipinski definition) is 4. The SMILES string of the molecule is CCNS(=O)(=O)c1ccc(C)c(C(=O)NCCCOCC(F)(F)F)c1. The summed E-state index contributed by atoms with van der Waals surface area (Å²) >= 11 is 0. The molecule has 0 aliphatic carbocycles. The standard InChI is InChI=1S/C15H21F3N2O4S/c1-3-20-25(22,23)12-6-5-11(2)13(9-12)14(21)19-7-4-8-24-10-15(16,17)18/h5-6,9,20H,3-4,7-8,10H2,1-2H3,(H,19,21). The second kappa shape index (κ2) is 9.16. The third-order valence-corrected chi connectivity index (χ3v) is 4.66. The van der Waals surface area contributed by atoms with Crippen molar-refractivity contribution >= 4 is 15.9 Å². The number of amides is 1. The molecule has 1 aromatic rings. The summed E-state index contributed by atoms with van der Waals surface area (Å²) in [5, 5.41) is 2.53. The van der Waals surface area contributed by atoms with Gasteiger partial charge in [-0.25, -0.2) is 13.1 Å². The highest BCUT2D eigenvalue weighted by molar-refractivity contribution is 7.89. The van der Waals surface area contributed by atoms with Crippen molar-refractivity contribution in [1.29, 1.82) is 0 Å². The summed E-state index contributed by atoms with van der Waals surface area (Å²) in [6.07, 6.45) is -4.17. The Morgan fingerprint density at radius 2 is 1.96 bits per heavy atom. The van der Waals surface area contributed by atoms with Crippen LogP contribution in [0.15, 0.2) is 23.1 Å². The van der Waals surface area contributed by atoms with Gasteiger partial charge in [0.05, 0.1) is 4.90 Å². The van der Waals surface area contributed by atoms with Crippen molar-refractivity contribution in [1.82, 2.24) is 10.0 Å². The number of alkyl halides is 3. The van der Waals surface area contributed by atoms with Crippen molar-refractivity contribution < 1.29 is 31.1 Å². The number of sulfonamides is 1. The highest BCUT2D eigenvalue weighted by atomic mass is 32.2. The van der Waals surface area contributed by atoms with E-state index < -0.39 is 28.7 Å². The van der Waals surface area contributed by atoms with Crippen LogP contribution in [0.1, 0.15) is 29.3 Å². The van der Waals surface area contributed by atoms with Gasteiger partial charge in [-0.15, -0.1) is 0 Å². The van der Waals surface area contributed by atoms with Crippen LogP contribution in [-0.4, -0.2) is 46.8 Å². The lowest BCUT2D eigenvalue weighted by Crippen LogP contribution is -2.28. The molecule has 0 aliphatic rings. The molecular formula is C15H21F3N2O4S. The van der Waals surface area contributed by atoms with Crippen molar-refractivity contribution in [2.45, 2.75) is 31.3 Å². The highest BCUT2D eigenvalue weighted by Gasteiger charge is 2.27. The van der Waals surface area contributed by atoms with E-state index in [2.05, 4.69) is 14.8 Å². The van der Waals surface area contributed by atoms with Gasteiger partial charge in [-0.05, 0) is 31.0 Å². The van der Waals surface area contributed by atoms with Gasteiger partial charge in [-0.2, -0.15) is 13.2 Å². The van der Waals surface area contributed by atoms with Crippen LogP contribution in [0.3, 0.4) is 0 Å². The molecule has 0 bridgehead atoms. The zero-order chi connectivity index (χ0) is 19.1. The maximum absolute atomic E-state index is 12.1. The predicted octanol–water partition coefficient (Wildman–Crippen LogP) is 1.99. The molecule has 0 aromatic heterocycles. The predicted molar refractivity (Wildman–Crippen MR) is 85.9 cm³/mol. The molecule has 0 heterocycles. The van der Waals surface area contributed by atoms with Crippen molar-refractivity contribution in [2.24, 2.45) is 0 Å². The zero-order valence-corrected chi connectivity index (χ0v) is 14.8. The van der Waals surface area contributed by atoms with Crippen LogP contribution < -0.4 is 10.0 Å². The maximum atomic E-state index is 12.1. The fraction of sp³-hybridized carbons (Fsp3) is 0.533. The number of hydrogen-bond donors (Lipinski definition) is 2. The number of carbonyl (C=O) groups excluding carboxylic acids is 1. The highest BCUT2D eigenvalue weighted by Crippen LogP contribution is 2.16. The van der Waals surface area contributed by atoms with Crippen molar-refractivity contribution in [3.63, 3.8) is 0 Å². The van der Waals surface area contributed by atoms with Crippen LogP contribution in [0.4, 0.5) is 13.2 Å². The quantitative estimate of drug-likeness (QED) is 0.640. The summed E-state index contributed by atoms with van der Waals surface area (Å²) in [4.78, 5) is 12.1. The monoisotopic (exact) mass is 382 g/mol. The summed E-state index contributed by atoms with van der Waals surface area (Å²) in [6, 6.07) is 4.18. The van der Waals surface area contributed by atoms with E-state index in [1.54, 1.807) is 13.8 Å². The van der Waals surface area contributed by atoms with Gasteiger partial charge in [0.15, 0.2) is 0 Å². The first-order chi connectivity index (χ1) is 11.6. The van der Waals surface area contributed by atoms with Crippen LogP contribution in [0.5, 0.6) is 0 Å². The van der Waals surface area contributed by atoms with Gasteiger partial charge in [0.25, 0.3) is 5.91 Å². The van der Waals surface area contributed by atoms with Gasteiger partial charge in [-0.3, -0.25) is 4.79 Å². The van der Waals surface area contributed by atoms with E-state index in [0.29, 0.717) is 5.56 Å². The summed E-state index contributed by atoms with van der Waals surface area (Å²) < 4.78 is 66.4. The van der Waals surface area contributed by atoms with E-state index >= 15 is 0 Å². The number of rotatable bonds is 9. The molecule has 1 aromatic carbocycles. The van der Waals surface area contributed by atoms with Crippen LogP contribution >= 0.6 is 0 Å². The Morgan fingerprint density at radius 3 is 2.56 bits per heavy atom. The minimum absolute atomic E-state index is 0.0291. The molecular weight excluding hydrogens is 361 g/mol. The van der Waals surface area contributed by atoms with Crippen LogP contribution in [0.25, 0.3) is 0 Å². The number of ether oxygens (including phenoxy) is 1. The molecule has 0 atom stereocenters. The number of benzene rings is 1. The van der Waals surface area contributed by atoms with Crippen molar-refractivity contribution in [3.05, 3.63) is 29.3 Å². The molecule has 1 rings (SSSR count). The topological polar surface area (TPSA) is 84.5 Å². The lowest BCUT2D eigenvalue weighted by atomic mass is 10.1. The van der Waals surface area contributed by atoms with E-state index in [1.165, 1.54) is 18.2 Å². The fourth-order valence-electron chi connectivity index (χ4n) is 1.95. The van der Waals surface area contributed by atoms with Crippen LogP contribution in [0.2, 0.25) is 0 Å². The Balaban J connectivity index is 2.61. The molecule has 1 amide bonds. The lowest BCUT2D eigenvalue weighted by molar-refractivity contribution is -0.173. The largest absolute Gasteiger partial charge is 0.411 e. The van der Waals surface area contributed by atoms with E-state index in [-0.39, 0.29) is 36.6 Å². The fourth-order valence-corrected chi connectivity index (χ4v) is 3.01. The van der Waals surface area contributed by atoms with Crippen molar-refractivity contribution in [3.8, 4) is 0 Å². The van der Waals surface area contributed by atoms with Gasteiger partial charge < -0.3 is 10.1 Å². The lowest BCUT2D eigenvalue weighted by Gasteiger charge is -2.11. The van der Waals surface area contributed by atoms with E-state index in [9.17, 15) is 26.4 Å². The molecule has 0 aliphatic heterocycles. The second-order valence-electron chi connectivity index (χ2n) is 5.26. The van der Waals surface area contributed by atoms with Crippen LogP contribution in [0, 0.1) is 6.92 Å². The summed E-state index contributed by atoms with van der Waals surface area (Å²) in [7, 11) is -3.69. The van der Waals surface area contributed by atoms with Gasteiger partial charge >= 0.3 is 6.18 Å². The van der Waals surface area contributed by atoms with E-state index in [4.69, 9.17) is 0 Å². The normalized spacial score (nSPS) is 12.2. The Morgan fingerprint density at radius 1 is 1.28 bits per heavy atom. The first-order valence-corrected chi connectivity index (χ1v) is 9.08. The molecule has 10 heteroatoms. The average molecular weight is 382 g/mol. The molecule has 6 nitrogen and oxygen atoms in total. The van der Waals surface area contributed by atoms with Gasteiger partial charge in [0.1, 0.15) is 6.61 Å². The molecule has 0 spiro atoms. The van der Waals surface area contributed by atoms with Crippen molar-refractivity contribution in [2.75, 3.05) is 26.3 Å². The van der Waals surface area contributed by atoms with Gasteiger partial charge in [0, 0.05) is 25.3 Å². The minimum atomic E-state index is -4.38. The second-order valence-corrected chi connectivity index (χ2v) is 7.02. The van der Waals surface area contributed by atoms with E-state index in [0.717, 1.165) is 0 Å². The molecule has 2 N–H and O–H groups in total. The molecule has 25 heavy (non-hydrogen) atoms. The Kier molecular flexibility index (Phi) is 7.84. The van der Waals surface area contributed by atoms with Crippen LogP contribution in [-0.2, 0) is 14.8 Å². The first-order valence-electron chi connectivity index (χ1n) is 7.60. The number of aryl methyl sites for hydroxylation is 1. The zero-order valence-electron chi connectivity index (χ0n) is 13.9. The molecule has 0 radical (unpaired) electrons. The Labute approximate surface area is 144 Å². The summed E-state index contributed by atoms with van der Waals surface area (Å²) in [5.41, 5.74) is 0.774. The minimum Gasteiger partial charge on any atom is -0.372 e. The van der Waals surface area contributed by atoms with E-state index in [1.807, 2.05) is 0 Å². The van der Waals surface area contributed by atoms with Gasteiger partial charge in [-0.1, -0.05) is 13.0 Å². The third kappa shape index (κ3) is 7.41. The maximum Gasteiger partial charge on any atom is 0.411 e. The Hall–Kier alpha value is -1.65. The molecule has 0 fully saturated rings. The molecule has 142 valence electrons.